The molecule has 0 saturated carbocycles. The minimum absolute atomic E-state index is 0.0199. The Labute approximate surface area is 219 Å². The highest BCUT2D eigenvalue weighted by atomic mass is 16.2. The first kappa shape index (κ1) is 27.8. The highest BCUT2D eigenvalue weighted by Crippen LogP contribution is 2.19. The zero-order valence-electron chi connectivity index (χ0n) is 20.9. The number of nitrogens with two attached hydrogens (primary N) is 2. The zero-order valence-corrected chi connectivity index (χ0v) is 20.9. The third kappa shape index (κ3) is 9.68. The SMILES string of the molecule is NC(N)=NCCCCNC(=O)[C@H](Cc1ccc(-c2ccccc2)cc1)NC(=O)CCC(=O)Nc1nn[nH]n1. The first-order valence-corrected chi connectivity index (χ1v) is 12.2. The Balaban J connectivity index is 1.57. The summed E-state index contributed by atoms with van der Waals surface area (Å²) >= 11 is 0. The standard InChI is InChI=1S/C25H32N10O3/c26-24(27)29-15-5-4-14-28-23(38)20(30-21(36)12-13-22(37)31-25-32-34-35-33-25)16-17-8-10-19(11-9-17)18-6-2-1-3-7-18/h1-3,6-11,20H,4-5,12-16H2,(H,28,38)(H,30,36)(H4,26,27,29)(H2,31,32,33,34,35,37)/t20-/m0/s1. The number of aromatic amines is 1. The molecule has 0 spiro atoms. The molecule has 1 atom stereocenters. The van der Waals surface area contributed by atoms with Gasteiger partial charge in [0.15, 0.2) is 5.96 Å². The lowest BCUT2D eigenvalue weighted by Gasteiger charge is -2.19. The summed E-state index contributed by atoms with van der Waals surface area (Å²) < 4.78 is 0. The lowest BCUT2D eigenvalue weighted by Crippen LogP contribution is -2.48. The topological polar surface area (TPSA) is 206 Å². The average molecular weight is 521 g/mol. The van der Waals surface area contributed by atoms with Crippen molar-refractivity contribution < 1.29 is 14.4 Å². The summed E-state index contributed by atoms with van der Waals surface area (Å²) in [7, 11) is 0. The first-order valence-electron chi connectivity index (χ1n) is 12.2. The molecule has 0 aliphatic rings. The summed E-state index contributed by atoms with van der Waals surface area (Å²) in [6.45, 7) is 0.878. The van der Waals surface area contributed by atoms with E-state index in [2.05, 4.69) is 41.6 Å². The molecule has 0 bridgehead atoms. The maximum atomic E-state index is 13.0. The Morgan fingerprint density at radius 2 is 1.63 bits per heavy atom. The van der Waals surface area contributed by atoms with E-state index in [9.17, 15) is 14.4 Å². The van der Waals surface area contributed by atoms with Crippen LogP contribution in [0.25, 0.3) is 11.1 Å². The van der Waals surface area contributed by atoms with Crippen LogP contribution in [0.3, 0.4) is 0 Å². The van der Waals surface area contributed by atoms with Crippen molar-refractivity contribution in [2.45, 2.75) is 38.1 Å². The van der Waals surface area contributed by atoms with Gasteiger partial charge in [0, 0.05) is 32.4 Å². The number of carbonyl (C=O) groups excluding carboxylic acids is 3. The molecule has 0 aliphatic heterocycles. The number of unbranched alkanes of at least 4 members (excludes halogenated alkanes) is 1. The van der Waals surface area contributed by atoms with Gasteiger partial charge in [-0.15, -0.1) is 5.10 Å². The van der Waals surface area contributed by atoms with Crippen molar-refractivity contribution in [3.63, 3.8) is 0 Å². The number of aromatic nitrogens is 4. The molecule has 0 saturated heterocycles. The number of aliphatic imine (C=N–C) groups is 1. The molecule has 38 heavy (non-hydrogen) atoms. The number of H-pyrrole nitrogens is 1. The molecule has 13 nitrogen and oxygen atoms in total. The largest absolute Gasteiger partial charge is 0.370 e. The third-order valence-electron chi connectivity index (χ3n) is 5.51. The summed E-state index contributed by atoms with van der Waals surface area (Å²) in [5.74, 6) is -1.14. The van der Waals surface area contributed by atoms with E-state index in [1.54, 1.807) is 0 Å². The van der Waals surface area contributed by atoms with Crippen molar-refractivity contribution in [2.24, 2.45) is 16.5 Å². The predicted molar refractivity (Wildman–Crippen MR) is 142 cm³/mol. The number of guanidine groups is 1. The fraction of sp³-hybridized carbons (Fsp3) is 0.320. The molecule has 1 heterocycles. The fourth-order valence-corrected chi connectivity index (χ4v) is 3.58. The third-order valence-corrected chi connectivity index (χ3v) is 5.51. The molecule has 0 radical (unpaired) electrons. The van der Waals surface area contributed by atoms with Gasteiger partial charge in [0.25, 0.3) is 5.95 Å². The highest BCUT2D eigenvalue weighted by Gasteiger charge is 2.21. The Hall–Kier alpha value is -4.81. The van der Waals surface area contributed by atoms with Crippen molar-refractivity contribution in [1.29, 1.82) is 0 Å². The van der Waals surface area contributed by atoms with Gasteiger partial charge >= 0.3 is 0 Å². The minimum Gasteiger partial charge on any atom is -0.370 e. The maximum absolute atomic E-state index is 13.0. The average Bonchev–Trinajstić information content (AvgIpc) is 3.42. The van der Waals surface area contributed by atoms with Crippen LogP contribution in [-0.4, -0.2) is 63.4 Å². The zero-order chi connectivity index (χ0) is 27.2. The highest BCUT2D eigenvalue weighted by molar-refractivity contribution is 5.93. The molecule has 3 amide bonds. The first-order chi connectivity index (χ1) is 18.4. The lowest BCUT2D eigenvalue weighted by atomic mass is 10.00. The predicted octanol–water partition coefficient (Wildman–Crippen LogP) is 0.483. The molecular formula is C25H32N10O3. The summed E-state index contributed by atoms with van der Waals surface area (Å²) in [5.41, 5.74) is 13.6. The van der Waals surface area contributed by atoms with Crippen molar-refractivity contribution in [3.05, 3.63) is 60.2 Å². The summed E-state index contributed by atoms with van der Waals surface area (Å²) in [5, 5.41) is 20.9. The number of rotatable bonds is 14. The van der Waals surface area contributed by atoms with Crippen LogP contribution in [0.15, 0.2) is 59.6 Å². The van der Waals surface area contributed by atoms with Gasteiger partial charge in [-0.25, -0.2) is 0 Å². The van der Waals surface area contributed by atoms with Crippen LogP contribution in [0, 0.1) is 0 Å². The molecule has 3 aromatic rings. The van der Waals surface area contributed by atoms with Crippen LogP contribution < -0.4 is 27.4 Å². The molecule has 3 rings (SSSR count). The van der Waals surface area contributed by atoms with Crippen LogP contribution in [0.2, 0.25) is 0 Å². The molecule has 1 aromatic heterocycles. The Morgan fingerprint density at radius 1 is 0.921 bits per heavy atom. The molecule has 200 valence electrons. The van der Waals surface area contributed by atoms with Crippen LogP contribution in [0.1, 0.15) is 31.2 Å². The van der Waals surface area contributed by atoms with E-state index in [0.717, 1.165) is 16.7 Å². The molecule has 0 aliphatic carbocycles. The van der Waals surface area contributed by atoms with Crippen LogP contribution in [0.5, 0.6) is 0 Å². The lowest BCUT2D eigenvalue weighted by molar-refractivity contribution is -0.129. The van der Waals surface area contributed by atoms with Gasteiger partial charge in [0.05, 0.1) is 0 Å². The van der Waals surface area contributed by atoms with E-state index in [1.807, 2.05) is 54.6 Å². The van der Waals surface area contributed by atoms with Gasteiger partial charge in [-0.2, -0.15) is 5.21 Å². The number of nitrogens with zero attached hydrogens (tertiary/aromatic N) is 4. The number of benzene rings is 2. The van der Waals surface area contributed by atoms with Crippen molar-refractivity contribution in [2.75, 3.05) is 18.4 Å². The van der Waals surface area contributed by atoms with E-state index in [4.69, 9.17) is 11.5 Å². The second-order valence-electron chi connectivity index (χ2n) is 8.48. The van der Waals surface area contributed by atoms with Crippen molar-refractivity contribution >= 4 is 29.6 Å². The smallest absolute Gasteiger partial charge is 0.269 e. The van der Waals surface area contributed by atoms with E-state index in [-0.39, 0.29) is 37.1 Å². The van der Waals surface area contributed by atoms with Crippen LogP contribution >= 0.6 is 0 Å². The number of carbonyl (C=O) groups is 3. The number of hydrogen-bond acceptors (Lipinski definition) is 7. The minimum atomic E-state index is -0.817. The van der Waals surface area contributed by atoms with E-state index >= 15 is 0 Å². The Kier molecular flexibility index (Phi) is 10.7. The van der Waals surface area contributed by atoms with Gasteiger partial charge in [-0.3, -0.25) is 24.7 Å². The van der Waals surface area contributed by atoms with Crippen molar-refractivity contribution in [1.82, 2.24) is 31.3 Å². The number of anilines is 1. The van der Waals surface area contributed by atoms with Gasteiger partial charge in [-0.1, -0.05) is 59.7 Å². The van der Waals surface area contributed by atoms with Crippen LogP contribution in [-0.2, 0) is 20.8 Å². The number of hydrogen-bond donors (Lipinski definition) is 6. The molecule has 0 unspecified atom stereocenters. The maximum Gasteiger partial charge on any atom is 0.269 e. The molecule has 8 N–H and O–H groups in total. The van der Waals surface area contributed by atoms with E-state index < -0.39 is 17.9 Å². The van der Waals surface area contributed by atoms with Gasteiger partial charge in [0.1, 0.15) is 6.04 Å². The fourth-order valence-electron chi connectivity index (χ4n) is 3.58. The quantitative estimate of drug-likeness (QED) is 0.0998. The molecule has 0 fully saturated rings. The molecule has 13 heteroatoms. The molecular weight excluding hydrogens is 488 g/mol. The molecule has 2 aromatic carbocycles. The summed E-state index contributed by atoms with van der Waals surface area (Å²) in [6, 6.07) is 17.0. The number of nitrogens with one attached hydrogen (secondary N) is 4. The Morgan fingerprint density at radius 3 is 2.32 bits per heavy atom. The van der Waals surface area contributed by atoms with E-state index in [1.165, 1.54) is 0 Å². The summed E-state index contributed by atoms with van der Waals surface area (Å²) in [6.07, 6.45) is 1.44. The van der Waals surface area contributed by atoms with Crippen molar-refractivity contribution in [3.8, 4) is 11.1 Å². The number of tetrazole rings is 1. The van der Waals surface area contributed by atoms with Gasteiger partial charge in [0.2, 0.25) is 17.7 Å². The monoisotopic (exact) mass is 520 g/mol. The van der Waals surface area contributed by atoms with Gasteiger partial charge in [-0.05, 0) is 34.7 Å². The second-order valence-corrected chi connectivity index (χ2v) is 8.48. The second kappa shape index (κ2) is 14.7. The summed E-state index contributed by atoms with van der Waals surface area (Å²) in [4.78, 5) is 41.5. The number of amides is 3. The Bertz CT molecular complexity index is 1190. The normalized spacial score (nSPS) is 11.3. The van der Waals surface area contributed by atoms with Gasteiger partial charge < -0.3 is 22.1 Å². The van der Waals surface area contributed by atoms with E-state index in [0.29, 0.717) is 25.9 Å². The van der Waals surface area contributed by atoms with Crippen LogP contribution in [0.4, 0.5) is 5.95 Å².